The normalized spacial score (nSPS) is 11.5. The highest BCUT2D eigenvalue weighted by atomic mass is 16.5. The Hall–Kier alpha value is -2.56. The molecule has 0 aliphatic carbocycles. The molecular formula is C17H20N2O3. The molecule has 1 N–H and O–H groups in total. The molecule has 1 amide bonds. The Morgan fingerprint density at radius 1 is 1.14 bits per heavy atom. The monoisotopic (exact) mass is 300 g/mol. The smallest absolute Gasteiger partial charge is 0.258 e. The molecule has 1 aromatic heterocycles. The summed E-state index contributed by atoms with van der Waals surface area (Å²) >= 11 is 0. The van der Waals surface area contributed by atoms with Crippen molar-refractivity contribution in [3.63, 3.8) is 0 Å². The number of hydrogen-bond donors (Lipinski definition) is 1. The predicted molar refractivity (Wildman–Crippen MR) is 83.9 cm³/mol. The van der Waals surface area contributed by atoms with Gasteiger partial charge in [0.2, 0.25) is 0 Å². The lowest BCUT2D eigenvalue weighted by Gasteiger charge is -2.15. The number of aromatic nitrogens is 1. The Morgan fingerprint density at radius 2 is 1.82 bits per heavy atom. The van der Waals surface area contributed by atoms with Crippen LogP contribution in [0.25, 0.3) is 0 Å². The van der Waals surface area contributed by atoms with Crippen molar-refractivity contribution < 1.29 is 14.3 Å². The van der Waals surface area contributed by atoms with Gasteiger partial charge in [0.05, 0.1) is 18.3 Å². The van der Waals surface area contributed by atoms with Crippen molar-refractivity contribution in [2.24, 2.45) is 0 Å². The number of hydrogen-bond acceptors (Lipinski definition) is 4. The lowest BCUT2D eigenvalue weighted by atomic mass is 10.2. The van der Waals surface area contributed by atoms with Gasteiger partial charge in [0, 0.05) is 6.20 Å². The molecule has 5 heteroatoms. The molecule has 0 fully saturated rings. The van der Waals surface area contributed by atoms with Crippen LogP contribution in [-0.2, 0) is 4.79 Å². The van der Waals surface area contributed by atoms with Crippen LogP contribution in [0.4, 0.5) is 0 Å². The first kappa shape index (κ1) is 15.8. The standard InChI is InChI=1S/C17H20N2O3/c1-3-21-15-9-4-5-10-16(15)22-12-17(20)19-13(2)14-8-6-7-11-18-14/h4-11,13H,3,12H2,1-2H3,(H,19,20). The summed E-state index contributed by atoms with van der Waals surface area (Å²) in [6, 6.07) is 12.7. The molecule has 22 heavy (non-hydrogen) atoms. The molecule has 1 atom stereocenters. The summed E-state index contributed by atoms with van der Waals surface area (Å²) in [6.45, 7) is 4.26. The second kappa shape index (κ2) is 8.02. The number of ether oxygens (including phenoxy) is 2. The Balaban J connectivity index is 1.88. The largest absolute Gasteiger partial charge is 0.490 e. The van der Waals surface area contributed by atoms with E-state index in [4.69, 9.17) is 9.47 Å². The van der Waals surface area contributed by atoms with E-state index in [0.717, 1.165) is 5.69 Å². The van der Waals surface area contributed by atoms with Gasteiger partial charge < -0.3 is 14.8 Å². The fourth-order valence-corrected chi connectivity index (χ4v) is 1.98. The molecule has 1 unspecified atom stereocenters. The summed E-state index contributed by atoms with van der Waals surface area (Å²) in [6.07, 6.45) is 1.70. The van der Waals surface area contributed by atoms with Crippen molar-refractivity contribution in [3.8, 4) is 11.5 Å². The number of para-hydroxylation sites is 2. The number of carbonyl (C=O) groups excluding carboxylic acids is 1. The molecule has 0 bridgehead atoms. The molecule has 5 nitrogen and oxygen atoms in total. The van der Waals surface area contributed by atoms with Gasteiger partial charge in [-0.25, -0.2) is 0 Å². The fourth-order valence-electron chi connectivity index (χ4n) is 1.98. The molecule has 0 spiro atoms. The summed E-state index contributed by atoms with van der Waals surface area (Å²) in [5.74, 6) is 0.991. The minimum atomic E-state index is -0.204. The Bertz CT molecular complexity index is 602. The average Bonchev–Trinajstić information content (AvgIpc) is 2.55. The fraction of sp³-hybridized carbons (Fsp3) is 0.294. The van der Waals surface area contributed by atoms with Crippen LogP contribution in [0.5, 0.6) is 11.5 Å². The van der Waals surface area contributed by atoms with E-state index in [9.17, 15) is 4.79 Å². The molecule has 0 aliphatic rings. The lowest BCUT2D eigenvalue weighted by Crippen LogP contribution is -2.31. The summed E-state index contributed by atoms with van der Waals surface area (Å²) in [4.78, 5) is 16.2. The number of benzene rings is 1. The van der Waals surface area contributed by atoms with Crippen LogP contribution in [0.2, 0.25) is 0 Å². The van der Waals surface area contributed by atoms with E-state index in [-0.39, 0.29) is 18.6 Å². The second-order valence-electron chi connectivity index (χ2n) is 4.71. The van der Waals surface area contributed by atoms with Gasteiger partial charge in [-0.05, 0) is 38.1 Å². The number of pyridine rings is 1. The van der Waals surface area contributed by atoms with Crippen molar-refractivity contribution >= 4 is 5.91 Å². The van der Waals surface area contributed by atoms with Gasteiger partial charge in [0.1, 0.15) is 0 Å². The van der Waals surface area contributed by atoms with Crippen LogP contribution in [0.15, 0.2) is 48.7 Å². The first-order valence-electron chi connectivity index (χ1n) is 7.25. The van der Waals surface area contributed by atoms with Crippen molar-refractivity contribution in [2.75, 3.05) is 13.2 Å². The van der Waals surface area contributed by atoms with Crippen LogP contribution in [0.3, 0.4) is 0 Å². The van der Waals surface area contributed by atoms with E-state index in [1.54, 1.807) is 12.3 Å². The highest BCUT2D eigenvalue weighted by Gasteiger charge is 2.12. The van der Waals surface area contributed by atoms with E-state index in [2.05, 4.69) is 10.3 Å². The minimum Gasteiger partial charge on any atom is -0.490 e. The molecular weight excluding hydrogens is 280 g/mol. The van der Waals surface area contributed by atoms with Gasteiger partial charge in [-0.3, -0.25) is 9.78 Å². The van der Waals surface area contributed by atoms with Crippen LogP contribution in [-0.4, -0.2) is 24.1 Å². The summed E-state index contributed by atoms with van der Waals surface area (Å²) in [5.41, 5.74) is 0.811. The number of carbonyl (C=O) groups is 1. The van der Waals surface area contributed by atoms with Gasteiger partial charge in [0.25, 0.3) is 5.91 Å². The van der Waals surface area contributed by atoms with Gasteiger partial charge >= 0.3 is 0 Å². The van der Waals surface area contributed by atoms with E-state index in [0.29, 0.717) is 18.1 Å². The third-order valence-electron chi connectivity index (χ3n) is 3.02. The number of rotatable bonds is 7. The van der Waals surface area contributed by atoms with E-state index in [1.807, 2.05) is 50.2 Å². The molecule has 1 heterocycles. The maximum Gasteiger partial charge on any atom is 0.258 e. The minimum absolute atomic E-state index is 0.0682. The molecule has 2 rings (SSSR count). The molecule has 0 radical (unpaired) electrons. The van der Waals surface area contributed by atoms with Crippen LogP contribution in [0.1, 0.15) is 25.6 Å². The highest BCUT2D eigenvalue weighted by molar-refractivity contribution is 5.78. The number of nitrogens with one attached hydrogen (secondary N) is 1. The van der Waals surface area contributed by atoms with Gasteiger partial charge in [-0.2, -0.15) is 0 Å². The molecule has 1 aromatic carbocycles. The maximum atomic E-state index is 12.0. The zero-order chi connectivity index (χ0) is 15.8. The van der Waals surface area contributed by atoms with Gasteiger partial charge in [-0.15, -0.1) is 0 Å². The van der Waals surface area contributed by atoms with Crippen molar-refractivity contribution in [1.29, 1.82) is 0 Å². The van der Waals surface area contributed by atoms with Crippen molar-refractivity contribution in [1.82, 2.24) is 10.3 Å². The van der Waals surface area contributed by atoms with E-state index in [1.165, 1.54) is 0 Å². The maximum absolute atomic E-state index is 12.0. The average molecular weight is 300 g/mol. The second-order valence-corrected chi connectivity index (χ2v) is 4.71. The topological polar surface area (TPSA) is 60.5 Å². The van der Waals surface area contributed by atoms with Crippen molar-refractivity contribution in [2.45, 2.75) is 19.9 Å². The third kappa shape index (κ3) is 4.48. The molecule has 0 aliphatic heterocycles. The van der Waals surface area contributed by atoms with E-state index < -0.39 is 0 Å². The zero-order valence-electron chi connectivity index (χ0n) is 12.8. The third-order valence-corrected chi connectivity index (χ3v) is 3.02. The van der Waals surface area contributed by atoms with E-state index >= 15 is 0 Å². The number of nitrogens with zero attached hydrogens (tertiary/aromatic N) is 1. The summed E-state index contributed by atoms with van der Waals surface area (Å²) < 4.78 is 11.0. The highest BCUT2D eigenvalue weighted by Crippen LogP contribution is 2.26. The lowest BCUT2D eigenvalue weighted by molar-refractivity contribution is -0.123. The summed E-state index contributed by atoms with van der Waals surface area (Å²) in [5, 5.41) is 2.85. The van der Waals surface area contributed by atoms with Crippen LogP contribution >= 0.6 is 0 Å². The van der Waals surface area contributed by atoms with Crippen LogP contribution in [0, 0.1) is 0 Å². The molecule has 0 saturated heterocycles. The Morgan fingerprint density at radius 3 is 2.45 bits per heavy atom. The molecule has 0 saturated carbocycles. The number of amides is 1. The Labute approximate surface area is 130 Å². The molecule has 2 aromatic rings. The quantitative estimate of drug-likeness (QED) is 0.854. The van der Waals surface area contributed by atoms with Crippen molar-refractivity contribution in [3.05, 3.63) is 54.4 Å². The Kier molecular flexibility index (Phi) is 5.77. The van der Waals surface area contributed by atoms with Crippen LogP contribution < -0.4 is 14.8 Å². The zero-order valence-corrected chi connectivity index (χ0v) is 12.8. The summed E-state index contributed by atoms with van der Waals surface area (Å²) in [7, 11) is 0. The van der Waals surface area contributed by atoms with Gasteiger partial charge in [0.15, 0.2) is 18.1 Å². The first-order chi connectivity index (χ1) is 10.7. The SMILES string of the molecule is CCOc1ccccc1OCC(=O)NC(C)c1ccccn1. The first-order valence-corrected chi connectivity index (χ1v) is 7.25. The van der Waals surface area contributed by atoms with Gasteiger partial charge in [-0.1, -0.05) is 18.2 Å². The molecule has 116 valence electrons. The predicted octanol–water partition coefficient (Wildman–Crippen LogP) is 2.74.